The van der Waals surface area contributed by atoms with Crippen molar-refractivity contribution in [1.82, 2.24) is 14.9 Å². The van der Waals surface area contributed by atoms with Crippen LogP contribution in [0.1, 0.15) is 18.5 Å². The van der Waals surface area contributed by atoms with E-state index in [0.29, 0.717) is 17.7 Å². The molecule has 2 rings (SSSR count). The number of likely N-dealkylation sites (N-methyl/N-ethyl adjacent to an activating group) is 2. The first-order valence-electron chi connectivity index (χ1n) is 5.85. The van der Waals surface area contributed by atoms with Crippen molar-refractivity contribution in [3.63, 3.8) is 0 Å². The van der Waals surface area contributed by atoms with Crippen LogP contribution >= 0.6 is 0 Å². The van der Waals surface area contributed by atoms with Crippen LogP contribution in [0.4, 0.5) is 5.95 Å². The van der Waals surface area contributed by atoms with Gasteiger partial charge in [-0.3, -0.25) is 0 Å². The highest BCUT2D eigenvalue weighted by Crippen LogP contribution is 2.17. The van der Waals surface area contributed by atoms with Crippen molar-refractivity contribution in [2.75, 3.05) is 32.1 Å². The molecule has 1 atom stereocenters. The fourth-order valence-corrected chi connectivity index (χ4v) is 2.20. The Morgan fingerprint density at radius 3 is 3.12 bits per heavy atom. The number of hydrogen-bond donors (Lipinski definition) is 0. The molecule has 1 aromatic heterocycles. The molecule has 0 aromatic carbocycles. The Bertz CT molecular complexity index is 425. The monoisotopic (exact) mass is 231 g/mol. The van der Waals surface area contributed by atoms with Crippen molar-refractivity contribution in [2.45, 2.75) is 18.9 Å². The third-order valence-electron chi connectivity index (χ3n) is 3.25. The van der Waals surface area contributed by atoms with Gasteiger partial charge >= 0.3 is 0 Å². The second-order valence-corrected chi connectivity index (χ2v) is 4.51. The molecule has 0 N–H and O–H groups in total. The van der Waals surface area contributed by atoms with Gasteiger partial charge in [0, 0.05) is 25.8 Å². The highest BCUT2D eigenvalue weighted by Gasteiger charge is 2.22. The third-order valence-corrected chi connectivity index (χ3v) is 3.25. The molecule has 2 heterocycles. The van der Waals surface area contributed by atoms with Crippen LogP contribution in [-0.2, 0) is 0 Å². The van der Waals surface area contributed by atoms with Crippen molar-refractivity contribution < 1.29 is 0 Å². The Morgan fingerprint density at radius 1 is 1.65 bits per heavy atom. The molecular formula is C12H17N5. The van der Waals surface area contributed by atoms with Gasteiger partial charge in [-0.2, -0.15) is 5.26 Å². The second kappa shape index (κ2) is 5.11. The smallest absolute Gasteiger partial charge is 0.226 e. The molecule has 5 nitrogen and oxygen atoms in total. The number of nitrogens with zero attached hydrogens (tertiary/aromatic N) is 5. The first-order chi connectivity index (χ1) is 8.20. The van der Waals surface area contributed by atoms with Gasteiger partial charge in [-0.25, -0.2) is 9.97 Å². The lowest BCUT2D eigenvalue weighted by Gasteiger charge is -2.25. The van der Waals surface area contributed by atoms with Gasteiger partial charge < -0.3 is 9.80 Å². The van der Waals surface area contributed by atoms with Crippen molar-refractivity contribution in [3.05, 3.63) is 18.0 Å². The predicted octanol–water partition coefficient (Wildman–Crippen LogP) is 0.879. The summed E-state index contributed by atoms with van der Waals surface area (Å²) in [5.41, 5.74) is 0.418. The number of likely N-dealkylation sites (tertiary alicyclic amines) is 1. The van der Waals surface area contributed by atoms with E-state index in [9.17, 15) is 0 Å². The molecule has 0 aliphatic carbocycles. The molecule has 1 unspecified atom stereocenters. The highest BCUT2D eigenvalue weighted by atomic mass is 15.3. The normalized spacial score (nSPS) is 20.2. The SMILES string of the molecule is CN(CC1CCCN1C)c1nccc(C#N)n1. The van der Waals surface area contributed by atoms with Crippen LogP contribution in [0.3, 0.4) is 0 Å². The molecule has 0 spiro atoms. The lowest BCUT2D eigenvalue weighted by molar-refractivity contribution is 0.313. The minimum absolute atomic E-state index is 0.418. The Kier molecular flexibility index (Phi) is 3.55. The van der Waals surface area contributed by atoms with E-state index in [-0.39, 0.29) is 0 Å². The molecule has 0 saturated carbocycles. The van der Waals surface area contributed by atoms with E-state index in [1.165, 1.54) is 12.8 Å². The van der Waals surface area contributed by atoms with E-state index in [1.807, 2.05) is 18.0 Å². The third kappa shape index (κ3) is 2.71. The van der Waals surface area contributed by atoms with Crippen LogP contribution in [0.2, 0.25) is 0 Å². The van der Waals surface area contributed by atoms with Crippen LogP contribution < -0.4 is 4.90 Å². The number of aromatic nitrogens is 2. The lowest BCUT2D eigenvalue weighted by atomic mass is 10.2. The first-order valence-corrected chi connectivity index (χ1v) is 5.85. The number of nitriles is 1. The Balaban J connectivity index is 2.04. The first kappa shape index (κ1) is 11.8. The van der Waals surface area contributed by atoms with Crippen LogP contribution in [-0.4, -0.2) is 48.1 Å². The summed E-state index contributed by atoms with van der Waals surface area (Å²) >= 11 is 0. The van der Waals surface area contributed by atoms with Crippen molar-refractivity contribution in [2.24, 2.45) is 0 Å². The maximum atomic E-state index is 8.80. The van der Waals surface area contributed by atoms with Crippen molar-refractivity contribution in [3.8, 4) is 6.07 Å². The average molecular weight is 231 g/mol. The maximum Gasteiger partial charge on any atom is 0.226 e. The summed E-state index contributed by atoms with van der Waals surface area (Å²) in [5.74, 6) is 0.629. The van der Waals surface area contributed by atoms with Crippen molar-refractivity contribution in [1.29, 1.82) is 5.26 Å². The Morgan fingerprint density at radius 2 is 2.47 bits per heavy atom. The van der Waals surface area contributed by atoms with Crippen LogP contribution in [0, 0.1) is 11.3 Å². The molecule has 1 aliphatic heterocycles. The Hall–Kier alpha value is -1.67. The lowest BCUT2D eigenvalue weighted by Crippen LogP contribution is -2.37. The molecule has 1 fully saturated rings. The molecular weight excluding hydrogens is 214 g/mol. The summed E-state index contributed by atoms with van der Waals surface area (Å²) in [7, 11) is 4.13. The topological polar surface area (TPSA) is 56.0 Å². The summed E-state index contributed by atoms with van der Waals surface area (Å²) in [5, 5.41) is 8.80. The summed E-state index contributed by atoms with van der Waals surface area (Å²) < 4.78 is 0. The minimum atomic E-state index is 0.418. The van der Waals surface area contributed by atoms with Gasteiger partial charge in [0.1, 0.15) is 11.8 Å². The summed E-state index contributed by atoms with van der Waals surface area (Å²) in [6, 6.07) is 4.22. The quantitative estimate of drug-likeness (QED) is 0.773. The van der Waals surface area contributed by atoms with Gasteiger partial charge in [0.25, 0.3) is 0 Å². The summed E-state index contributed by atoms with van der Waals surface area (Å²) in [6.07, 6.45) is 4.11. The van der Waals surface area contributed by atoms with Gasteiger partial charge in [-0.05, 0) is 32.5 Å². The summed E-state index contributed by atoms with van der Waals surface area (Å²) in [6.45, 7) is 2.07. The second-order valence-electron chi connectivity index (χ2n) is 4.51. The molecule has 1 aliphatic rings. The standard InChI is InChI=1S/C12H17N5/c1-16-7-3-4-11(16)9-17(2)12-14-6-5-10(8-13)15-12/h5-6,11H,3-4,7,9H2,1-2H3. The zero-order valence-corrected chi connectivity index (χ0v) is 10.3. The Labute approximate surface area is 102 Å². The van der Waals surface area contributed by atoms with Gasteiger partial charge in [-0.15, -0.1) is 0 Å². The van der Waals surface area contributed by atoms with Crippen LogP contribution in [0.5, 0.6) is 0 Å². The summed E-state index contributed by atoms with van der Waals surface area (Å²) in [4.78, 5) is 12.8. The number of rotatable bonds is 3. The largest absolute Gasteiger partial charge is 0.342 e. The fourth-order valence-electron chi connectivity index (χ4n) is 2.20. The van der Waals surface area contributed by atoms with E-state index in [4.69, 9.17) is 5.26 Å². The molecule has 0 bridgehead atoms. The van der Waals surface area contributed by atoms with E-state index in [1.54, 1.807) is 12.3 Å². The maximum absolute atomic E-state index is 8.80. The molecule has 1 aromatic rings. The molecule has 17 heavy (non-hydrogen) atoms. The zero-order valence-electron chi connectivity index (χ0n) is 10.3. The molecule has 0 amide bonds. The molecule has 90 valence electrons. The van der Waals surface area contributed by atoms with Gasteiger partial charge in [0.05, 0.1) is 0 Å². The average Bonchev–Trinajstić information content (AvgIpc) is 2.75. The van der Waals surface area contributed by atoms with E-state index in [0.717, 1.165) is 13.1 Å². The van der Waals surface area contributed by atoms with Gasteiger partial charge in [0.15, 0.2) is 0 Å². The highest BCUT2D eigenvalue weighted by molar-refractivity contribution is 5.32. The van der Waals surface area contributed by atoms with Gasteiger partial charge in [0.2, 0.25) is 5.95 Å². The van der Waals surface area contributed by atoms with E-state index >= 15 is 0 Å². The number of anilines is 1. The minimum Gasteiger partial charge on any atom is -0.342 e. The molecule has 5 heteroatoms. The van der Waals surface area contributed by atoms with Crippen LogP contribution in [0.15, 0.2) is 12.3 Å². The molecule has 1 saturated heterocycles. The number of hydrogen-bond acceptors (Lipinski definition) is 5. The van der Waals surface area contributed by atoms with Crippen LogP contribution in [0.25, 0.3) is 0 Å². The van der Waals surface area contributed by atoms with Gasteiger partial charge in [-0.1, -0.05) is 0 Å². The molecule has 0 radical (unpaired) electrons. The zero-order chi connectivity index (χ0) is 12.3. The predicted molar refractivity (Wildman–Crippen MR) is 65.7 cm³/mol. The van der Waals surface area contributed by atoms with E-state index in [2.05, 4.69) is 21.9 Å². The van der Waals surface area contributed by atoms with E-state index < -0.39 is 0 Å². The van der Waals surface area contributed by atoms with Crippen molar-refractivity contribution >= 4 is 5.95 Å². The fraction of sp³-hybridized carbons (Fsp3) is 0.583.